The summed E-state index contributed by atoms with van der Waals surface area (Å²) in [5, 5.41) is 3.46. The lowest BCUT2D eigenvalue weighted by atomic mass is 10.0. The summed E-state index contributed by atoms with van der Waals surface area (Å²) in [4.78, 5) is 28.0. The SMILES string of the molecule is CCNC(=O)[C@@H](Cc1ccccc1)N(Cc1ccccc1F)C(=O)COc1cc(C)c(Cl)c(C)c1. The van der Waals surface area contributed by atoms with Crippen LogP contribution in [0.2, 0.25) is 5.02 Å². The number of aryl methyl sites for hydroxylation is 2. The van der Waals surface area contributed by atoms with Gasteiger partial charge in [0.2, 0.25) is 5.91 Å². The second-order valence-corrected chi connectivity index (χ2v) is 8.75. The molecule has 0 unspecified atom stereocenters. The molecule has 0 aliphatic rings. The van der Waals surface area contributed by atoms with Crippen LogP contribution in [-0.4, -0.2) is 35.9 Å². The molecule has 0 saturated heterocycles. The maximum atomic E-state index is 14.5. The molecule has 3 rings (SSSR count). The van der Waals surface area contributed by atoms with Crippen molar-refractivity contribution in [3.63, 3.8) is 0 Å². The fraction of sp³-hybridized carbons (Fsp3) is 0.286. The Morgan fingerprint density at radius 1 is 1.03 bits per heavy atom. The van der Waals surface area contributed by atoms with Gasteiger partial charge in [0.25, 0.3) is 5.91 Å². The molecule has 0 spiro atoms. The third-order valence-electron chi connectivity index (χ3n) is 5.69. The smallest absolute Gasteiger partial charge is 0.261 e. The maximum absolute atomic E-state index is 14.5. The predicted octanol–water partition coefficient (Wildman–Crippen LogP) is 5.25. The van der Waals surface area contributed by atoms with Crippen LogP contribution in [0, 0.1) is 19.7 Å². The number of nitrogens with zero attached hydrogens (tertiary/aromatic N) is 1. The van der Waals surface area contributed by atoms with Gasteiger partial charge in [0.05, 0.1) is 0 Å². The van der Waals surface area contributed by atoms with E-state index in [1.165, 1.54) is 11.0 Å². The summed E-state index contributed by atoms with van der Waals surface area (Å²) in [5.74, 6) is -0.671. The third-order valence-corrected chi connectivity index (χ3v) is 6.29. The number of carbonyl (C=O) groups excluding carboxylic acids is 2. The van der Waals surface area contributed by atoms with Crippen LogP contribution in [0.3, 0.4) is 0 Å². The number of amides is 2. The summed E-state index contributed by atoms with van der Waals surface area (Å²) in [6.07, 6.45) is 0.284. The second kappa shape index (κ2) is 12.4. The second-order valence-electron chi connectivity index (χ2n) is 8.37. The number of ether oxygens (including phenoxy) is 1. The van der Waals surface area contributed by atoms with Gasteiger partial charge >= 0.3 is 0 Å². The molecule has 3 aromatic carbocycles. The van der Waals surface area contributed by atoms with Crippen molar-refractivity contribution < 1.29 is 18.7 Å². The van der Waals surface area contributed by atoms with E-state index >= 15 is 0 Å². The molecule has 35 heavy (non-hydrogen) atoms. The van der Waals surface area contributed by atoms with E-state index in [4.69, 9.17) is 16.3 Å². The summed E-state index contributed by atoms with van der Waals surface area (Å²) in [6, 6.07) is 18.3. The van der Waals surface area contributed by atoms with Gasteiger partial charge in [-0.15, -0.1) is 0 Å². The van der Waals surface area contributed by atoms with E-state index in [1.807, 2.05) is 51.1 Å². The maximum Gasteiger partial charge on any atom is 0.261 e. The van der Waals surface area contributed by atoms with Crippen LogP contribution in [0.25, 0.3) is 0 Å². The van der Waals surface area contributed by atoms with E-state index < -0.39 is 17.8 Å². The Hall–Kier alpha value is -3.38. The zero-order valence-corrected chi connectivity index (χ0v) is 20.9. The highest BCUT2D eigenvalue weighted by Crippen LogP contribution is 2.26. The lowest BCUT2D eigenvalue weighted by Crippen LogP contribution is -2.51. The van der Waals surface area contributed by atoms with E-state index in [2.05, 4.69) is 5.32 Å². The average Bonchev–Trinajstić information content (AvgIpc) is 2.85. The molecule has 1 N–H and O–H groups in total. The molecule has 1 atom stereocenters. The fourth-order valence-electron chi connectivity index (χ4n) is 3.87. The summed E-state index contributed by atoms with van der Waals surface area (Å²) < 4.78 is 20.3. The summed E-state index contributed by atoms with van der Waals surface area (Å²) in [6.45, 7) is 5.57. The van der Waals surface area contributed by atoms with Crippen molar-refractivity contribution in [3.05, 3.63) is 99.8 Å². The number of likely N-dealkylation sites (N-methyl/N-ethyl adjacent to an activating group) is 1. The minimum Gasteiger partial charge on any atom is -0.484 e. The molecule has 2 amide bonds. The van der Waals surface area contributed by atoms with Gasteiger partial charge in [-0.3, -0.25) is 9.59 Å². The van der Waals surface area contributed by atoms with Gasteiger partial charge in [-0.1, -0.05) is 60.1 Å². The Labute approximate surface area is 210 Å². The van der Waals surface area contributed by atoms with Gasteiger partial charge in [-0.25, -0.2) is 4.39 Å². The molecule has 0 aliphatic heterocycles. The van der Waals surface area contributed by atoms with Crippen LogP contribution in [0.5, 0.6) is 5.75 Å². The van der Waals surface area contributed by atoms with Crippen LogP contribution in [0.15, 0.2) is 66.7 Å². The molecular formula is C28H30ClFN2O3. The first kappa shape index (κ1) is 26.2. The molecule has 0 aliphatic carbocycles. The molecule has 184 valence electrons. The first-order chi connectivity index (χ1) is 16.8. The zero-order valence-electron chi connectivity index (χ0n) is 20.2. The number of nitrogens with one attached hydrogen (secondary N) is 1. The van der Waals surface area contributed by atoms with Gasteiger partial charge in [0.1, 0.15) is 17.6 Å². The Morgan fingerprint density at radius 2 is 1.66 bits per heavy atom. The van der Waals surface area contributed by atoms with Crippen LogP contribution >= 0.6 is 11.6 Å². The van der Waals surface area contributed by atoms with Crippen molar-refractivity contribution in [1.82, 2.24) is 10.2 Å². The van der Waals surface area contributed by atoms with E-state index in [-0.39, 0.29) is 25.5 Å². The van der Waals surface area contributed by atoms with Gasteiger partial charge in [0.15, 0.2) is 6.61 Å². The number of rotatable bonds is 10. The number of hydrogen-bond donors (Lipinski definition) is 1. The molecule has 0 heterocycles. The Balaban J connectivity index is 1.91. The van der Waals surface area contributed by atoms with Crippen molar-refractivity contribution in [1.29, 1.82) is 0 Å². The Kier molecular flexibility index (Phi) is 9.26. The summed E-state index contributed by atoms with van der Waals surface area (Å²) in [5.41, 5.74) is 2.88. The van der Waals surface area contributed by atoms with E-state index in [0.717, 1.165) is 16.7 Å². The molecule has 3 aromatic rings. The molecule has 0 fully saturated rings. The fourth-order valence-corrected chi connectivity index (χ4v) is 3.98. The molecule has 0 bridgehead atoms. The van der Waals surface area contributed by atoms with Crippen LogP contribution < -0.4 is 10.1 Å². The molecule has 7 heteroatoms. The average molecular weight is 497 g/mol. The molecular weight excluding hydrogens is 467 g/mol. The molecule has 0 radical (unpaired) electrons. The minimum atomic E-state index is -0.846. The third kappa shape index (κ3) is 7.06. The number of benzene rings is 3. The highest BCUT2D eigenvalue weighted by molar-refractivity contribution is 6.32. The summed E-state index contributed by atoms with van der Waals surface area (Å²) >= 11 is 6.24. The number of carbonyl (C=O) groups is 2. The highest BCUT2D eigenvalue weighted by Gasteiger charge is 2.31. The normalized spacial score (nSPS) is 11.6. The molecule has 0 saturated carbocycles. The summed E-state index contributed by atoms with van der Waals surface area (Å²) in [7, 11) is 0. The van der Waals surface area contributed by atoms with Crippen molar-refractivity contribution >= 4 is 23.4 Å². The monoisotopic (exact) mass is 496 g/mol. The van der Waals surface area contributed by atoms with Gasteiger partial charge < -0.3 is 15.0 Å². The van der Waals surface area contributed by atoms with E-state index in [1.54, 1.807) is 30.3 Å². The number of halogens is 2. The van der Waals surface area contributed by atoms with Crippen molar-refractivity contribution in [2.45, 2.75) is 39.8 Å². The first-order valence-electron chi connectivity index (χ1n) is 11.5. The number of hydrogen-bond acceptors (Lipinski definition) is 3. The Bertz CT molecular complexity index is 1150. The quantitative estimate of drug-likeness (QED) is 0.417. The van der Waals surface area contributed by atoms with Crippen molar-refractivity contribution in [3.8, 4) is 5.75 Å². The Morgan fingerprint density at radius 3 is 2.29 bits per heavy atom. The van der Waals surface area contributed by atoms with Gasteiger partial charge in [-0.2, -0.15) is 0 Å². The lowest BCUT2D eigenvalue weighted by molar-refractivity contribution is -0.142. The van der Waals surface area contributed by atoms with Crippen molar-refractivity contribution in [2.24, 2.45) is 0 Å². The van der Waals surface area contributed by atoms with Crippen LogP contribution in [-0.2, 0) is 22.6 Å². The van der Waals surface area contributed by atoms with Crippen LogP contribution in [0.4, 0.5) is 4.39 Å². The van der Waals surface area contributed by atoms with Crippen molar-refractivity contribution in [2.75, 3.05) is 13.2 Å². The van der Waals surface area contributed by atoms with Gasteiger partial charge in [0, 0.05) is 30.1 Å². The lowest BCUT2D eigenvalue weighted by Gasteiger charge is -2.31. The van der Waals surface area contributed by atoms with Gasteiger partial charge in [-0.05, 0) is 55.7 Å². The molecule has 0 aromatic heterocycles. The largest absolute Gasteiger partial charge is 0.484 e. The predicted molar refractivity (Wildman–Crippen MR) is 136 cm³/mol. The first-order valence-corrected chi connectivity index (χ1v) is 11.9. The standard InChI is InChI=1S/C28H30ClFN2O3/c1-4-31-28(34)25(16-21-10-6-5-7-11-21)32(17-22-12-8-9-13-24(22)30)26(33)18-35-23-14-19(2)27(29)20(3)15-23/h5-15,25H,4,16-18H2,1-3H3,(H,31,34)/t25-/m1/s1. The van der Waals surface area contributed by atoms with Crippen LogP contribution in [0.1, 0.15) is 29.2 Å². The minimum absolute atomic E-state index is 0.0673. The highest BCUT2D eigenvalue weighted by atomic mass is 35.5. The van der Waals surface area contributed by atoms with E-state index in [9.17, 15) is 14.0 Å². The molecule has 5 nitrogen and oxygen atoms in total. The topological polar surface area (TPSA) is 58.6 Å². The zero-order chi connectivity index (χ0) is 25.4. The van der Waals surface area contributed by atoms with E-state index in [0.29, 0.717) is 22.9 Å².